The molecule has 0 aliphatic carbocycles. The van der Waals surface area contributed by atoms with Gasteiger partial charge in [-0.2, -0.15) is 0 Å². The minimum atomic E-state index is -1.03. The van der Waals surface area contributed by atoms with Crippen LogP contribution in [0.15, 0.2) is 36.7 Å². The van der Waals surface area contributed by atoms with Gasteiger partial charge in [0.05, 0.1) is 0 Å². The van der Waals surface area contributed by atoms with Crippen LogP contribution in [0.3, 0.4) is 0 Å². The van der Waals surface area contributed by atoms with Gasteiger partial charge in [0.2, 0.25) is 5.95 Å². The third-order valence-electron chi connectivity index (χ3n) is 4.33. The van der Waals surface area contributed by atoms with Crippen LogP contribution in [0, 0.1) is 0 Å². The fourth-order valence-electron chi connectivity index (χ4n) is 2.89. The molecule has 0 N–H and O–H groups in total. The van der Waals surface area contributed by atoms with Crippen LogP contribution in [0.5, 0.6) is 0 Å². The van der Waals surface area contributed by atoms with Crippen molar-refractivity contribution in [3.63, 3.8) is 0 Å². The van der Waals surface area contributed by atoms with Gasteiger partial charge in [-0.05, 0) is 23.6 Å². The van der Waals surface area contributed by atoms with Crippen molar-refractivity contribution < 1.29 is 4.74 Å². The normalized spacial score (nSPS) is 14.2. The van der Waals surface area contributed by atoms with Gasteiger partial charge in [-0.1, -0.05) is 43.9 Å². The van der Waals surface area contributed by atoms with E-state index in [-0.39, 0.29) is 12.4 Å². The van der Waals surface area contributed by atoms with E-state index in [1.54, 1.807) is 0 Å². The molecule has 4 nitrogen and oxygen atoms in total. The summed E-state index contributed by atoms with van der Waals surface area (Å²) in [4.78, 5) is 6.91. The monoisotopic (exact) mass is 365 g/mol. The van der Waals surface area contributed by atoms with Gasteiger partial charge in [-0.15, -0.1) is 12.4 Å². The summed E-state index contributed by atoms with van der Waals surface area (Å²) >= 11 is 0. The van der Waals surface area contributed by atoms with Crippen molar-refractivity contribution in [2.45, 2.75) is 45.4 Å². The van der Waals surface area contributed by atoms with Crippen LogP contribution < -0.4 is 4.90 Å². The minimum absolute atomic E-state index is 0. The summed E-state index contributed by atoms with van der Waals surface area (Å²) in [5.41, 5.74) is 2.88. The van der Waals surface area contributed by atoms with Crippen LogP contribution >= 0.6 is 12.4 Å². The zero-order valence-corrected chi connectivity index (χ0v) is 16.7. The predicted molar refractivity (Wildman–Crippen MR) is 105 cm³/mol. The SMILES string of the molecule is C[Si](C)(C)CCOCn1ccnc1N1CCc2ccccc2C1.Cl. The van der Waals surface area contributed by atoms with Gasteiger partial charge >= 0.3 is 0 Å². The number of ether oxygens (including phenoxy) is 1. The van der Waals surface area contributed by atoms with Crippen LogP contribution in [-0.2, 0) is 24.4 Å². The number of nitrogens with zero attached hydrogens (tertiary/aromatic N) is 3. The molecule has 0 bridgehead atoms. The zero-order chi connectivity index (χ0) is 16.3. The summed E-state index contributed by atoms with van der Waals surface area (Å²) in [6.07, 6.45) is 4.97. The highest BCUT2D eigenvalue weighted by molar-refractivity contribution is 6.76. The highest BCUT2D eigenvalue weighted by Gasteiger charge is 2.19. The zero-order valence-electron chi connectivity index (χ0n) is 14.9. The third kappa shape index (κ3) is 4.85. The maximum Gasteiger partial charge on any atom is 0.207 e. The lowest BCUT2D eigenvalue weighted by Crippen LogP contribution is -2.32. The number of fused-ring (bicyclic) bond motifs is 1. The largest absolute Gasteiger partial charge is 0.361 e. The lowest BCUT2D eigenvalue weighted by Gasteiger charge is -2.30. The maximum atomic E-state index is 5.89. The van der Waals surface area contributed by atoms with Crippen molar-refractivity contribution in [3.8, 4) is 0 Å². The molecule has 132 valence electrons. The van der Waals surface area contributed by atoms with Crippen LogP contribution in [-0.4, -0.2) is 30.8 Å². The fraction of sp³-hybridized carbons (Fsp3) is 0.500. The summed E-state index contributed by atoms with van der Waals surface area (Å²) in [5, 5.41) is 0. The van der Waals surface area contributed by atoms with E-state index in [0.717, 1.165) is 32.1 Å². The Morgan fingerprint density at radius 3 is 2.67 bits per heavy atom. The molecule has 6 heteroatoms. The molecule has 3 rings (SSSR count). The van der Waals surface area contributed by atoms with Gasteiger partial charge in [0.1, 0.15) is 6.73 Å². The number of hydrogen-bond donors (Lipinski definition) is 0. The second-order valence-corrected chi connectivity index (χ2v) is 13.1. The molecule has 2 heterocycles. The van der Waals surface area contributed by atoms with E-state index in [1.165, 1.54) is 17.2 Å². The Hall–Kier alpha value is -1.30. The van der Waals surface area contributed by atoms with E-state index < -0.39 is 8.07 Å². The standard InChI is InChI=1S/C18H27N3OSi.ClH/c1-23(2,3)13-12-22-15-21-11-9-19-18(21)20-10-8-16-6-4-5-7-17(16)14-20;/h4-7,9,11H,8,10,12-15H2,1-3H3;1H. The smallest absolute Gasteiger partial charge is 0.207 e. The molecule has 1 aromatic heterocycles. The van der Waals surface area contributed by atoms with Gasteiger partial charge in [0, 0.05) is 40.2 Å². The molecule has 0 saturated carbocycles. The highest BCUT2D eigenvalue weighted by Crippen LogP contribution is 2.23. The number of hydrogen-bond acceptors (Lipinski definition) is 3. The first-order valence-electron chi connectivity index (χ1n) is 8.43. The average molecular weight is 366 g/mol. The average Bonchev–Trinajstić information content (AvgIpc) is 2.98. The molecule has 1 aromatic carbocycles. The predicted octanol–water partition coefficient (Wildman–Crippen LogP) is 4.18. The van der Waals surface area contributed by atoms with E-state index in [2.05, 4.69) is 58.4 Å². The first-order chi connectivity index (χ1) is 11.0. The van der Waals surface area contributed by atoms with Crippen LogP contribution in [0.4, 0.5) is 5.95 Å². The molecule has 0 fully saturated rings. The van der Waals surface area contributed by atoms with Crippen molar-refractivity contribution in [2.24, 2.45) is 0 Å². The Labute approximate surface area is 152 Å². The summed E-state index contributed by atoms with van der Waals surface area (Å²) < 4.78 is 8.01. The molecule has 0 atom stereocenters. The molecular weight excluding hydrogens is 338 g/mol. The number of rotatable bonds is 6. The minimum Gasteiger partial charge on any atom is -0.361 e. The van der Waals surface area contributed by atoms with E-state index in [0.29, 0.717) is 6.73 Å². The Bertz CT molecular complexity index is 654. The lowest BCUT2D eigenvalue weighted by molar-refractivity contribution is 0.0878. The van der Waals surface area contributed by atoms with Crippen molar-refractivity contribution in [1.29, 1.82) is 0 Å². The molecule has 0 amide bonds. The van der Waals surface area contributed by atoms with Gasteiger partial charge in [0.25, 0.3) is 0 Å². The van der Waals surface area contributed by atoms with E-state index >= 15 is 0 Å². The number of imidazole rings is 1. The summed E-state index contributed by atoms with van der Waals surface area (Å²) in [7, 11) is -1.03. The molecular formula is C18H28ClN3OSi. The summed E-state index contributed by atoms with van der Waals surface area (Å²) in [5.74, 6) is 1.02. The second-order valence-electron chi connectivity index (χ2n) is 7.49. The number of benzene rings is 1. The van der Waals surface area contributed by atoms with Crippen molar-refractivity contribution in [2.75, 3.05) is 18.1 Å². The van der Waals surface area contributed by atoms with Crippen LogP contribution in [0.25, 0.3) is 0 Å². The molecule has 1 aliphatic heterocycles. The topological polar surface area (TPSA) is 30.3 Å². The highest BCUT2D eigenvalue weighted by atomic mass is 35.5. The number of aromatic nitrogens is 2. The molecule has 24 heavy (non-hydrogen) atoms. The van der Waals surface area contributed by atoms with Gasteiger partial charge in [-0.25, -0.2) is 4.98 Å². The Balaban J connectivity index is 0.00000208. The Morgan fingerprint density at radius 1 is 1.17 bits per heavy atom. The quantitative estimate of drug-likeness (QED) is 0.568. The molecule has 0 saturated heterocycles. The fourth-order valence-corrected chi connectivity index (χ4v) is 3.65. The van der Waals surface area contributed by atoms with E-state index in [9.17, 15) is 0 Å². The maximum absolute atomic E-state index is 5.89. The molecule has 1 aliphatic rings. The molecule has 0 radical (unpaired) electrons. The van der Waals surface area contributed by atoms with Gasteiger partial charge < -0.3 is 9.64 Å². The lowest BCUT2D eigenvalue weighted by atomic mass is 10.0. The summed E-state index contributed by atoms with van der Waals surface area (Å²) in [6, 6.07) is 9.90. The first-order valence-corrected chi connectivity index (χ1v) is 12.1. The second kappa shape index (κ2) is 8.19. The number of halogens is 1. The van der Waals surface area contributed by atoms with Gasteiger partial charge in [-0.3, -0.25) is 4.57 Å². The molecule has 0 spiro atoms. The molecule has 0 unspecified atom stereocenters. The van der Waals surface area contributed by atoms with E-state index in [1.807, 2.05) is 12.4 Å². The number of anilines is 1. The van der Waals surface area contributed by atoms with Gasteiger partial charge in [0.15, 0.2) is 0 Å². The first kappa shape index (κ1) is 19.0. The van der Waals surface area contributed by atoms with Crippen molar-refractivity contribution in [1.82, 2.24) is 9.55 Å². The Morgan fingerprint density at radius 2 is 1.92 bits per heavy atom. The Kier molecular flexibility index (Phi) is 6.49. The molecule has 2 aromatic rings. The van der Waals surface area contributed by atoms with Crippen LogP contribution in [0.2, 0.25) is 25.7 Å². The van der Waals surface area contributed by atoms with Crippen molar-refractivity contribution in [3.05, 3.63) is 47.8 Å². The van der Waals surface area contributed by atoms with E-state index in [4.69, 9.17) is 4.74 Å². The summed E-state index contributed by atoms with van der Waals surface area (Å²) in [6.45, 7) is 10.5. The van der Waals surface area contributed by atoms with Crippen LogP contribution in [0.1, 0.15) is 11.1 Å². The third-order valence-corrected chi connectivity index (χ3v) is 6.04. The van der Waals surface area contributed by atoms with Crippen molar-refractivity contribution >= 4 is 26.4 Å².